The molecule has 1 saturated carbocycles. The number of ether oxygens (including phenoxy) is 2. The minimum absolute atomic E-state index is 0.411. The van der Waals surface area contributed by atoms with Gasteiger partial charge in [-0.2, -0.15) is 0 Å². The topological polar surface area (TPSA) is 35.1 Å². The van der Waals surface area contributed by atoms with Crippen LogP contribution in [0.15, 0.2) is 24.3 Å². The highest BCUT2D eigenvalue weighted by Gasteiger charge is 2.23. The quantitative estimate of drug-likeness (QED) is 0.843. The second-order valence-corrected chi connectivity index (χ2v) is 5.66. The first-order chi connectivity index (χ1) is 10.3. The van der Waals surface area contributed by atoms with Gasteiger partial charge in [-0.05, 0) is 37.3 Å². The minimum atomic E-state index is 0.411. The van der Waals surface area contributed by atoms with E-state index in [1.807, 2.05) is 24.3 Å². The molecule has 0 heterocycles. The third kappa shape index (κ3) is 4.99. The molecule has 1 fully saturated rings. The SMILES string of the molecule is COc1ccccc1OCC#CC[NH2+][C@H]1CCCC[C@H]1C. The zero-order chi connectivity index (χ0) is 14.9. The molecular weight excluding hydrogens is 262 g/mol. The van der Waals surface area contributed by atoms with Crippen LogP contribution in [-0.4, -0.2) is 26.3 Å². The van der Waals surface area contributed by atoms with Crippen LogP contribution in [0.5, 0.6) is 11.5 Å². The van der Waals surface area contributed by atoms with E-state index in [0.717, 1.165) is 30.0 Å². The third-order valence-corrected chi connectivity index (χ3v) is 4.19. The van der Waals surface area contributed by atoms with E-state index >= 15 is 0 Å². The summed E-state index contributed by atoms with van der Waals surface area (Å²) in [5, 5.41) is 2.39. The Labute approximate surface area is 128 Å². The van der Waals surface area contributed by atoms with Crippen LogP contribution in [0.4, 0.5) is 0 Å². The van der Waals surface area contributed by atoms with E-state index in [1.165, 1.54) is 25.7 Å². The lowest BCUT2D eigenvalue weighted by Crippen LogP contribution is -2.91. The molecule has 1 aliphatic carbocycles. The standard InChI is InChI=1S/C18H25NO2/c1-15-9-3-4-10-16(15)19-13-7-8-14-21-18-12-6-5-11-17(18)20-2/h5-6,11-12,15-16,19H,3-4,9-10,13-14H2,1-2H3/p+1/t15-,16+/m1/s1. The smallest absolute Gasteiger partial charge is 0.162 e. The molecule has 0 amide bonds. The van der Waals surface area contributed by atoms with Gasteiger partial charge in [0.25, 0.3) is 0 Å². The molecule has 0 aliphatic heterocycles. The van der Waals surface area contributed by atoms with E-state index in [0.29, 0.717) is 6.61 Å². The predicted octanol–water partition coefficient (Wildman–Crippen LogP) is 2.22. The van der Waals surface area contributed by atoms with Gasteiger partial charge in [0.05, 0.1) is 13.2 Å². The second-order valence-electron chi connectivity index (χ2n) is 5.66. The van der Waals surface area contributed by atoms with Gasteiger partial charge in [0.15, 0.2) is 11.5 Å². The van der Waals surface area contributed by atoms with Crippen molar-refractivity contribution in [2.45, 2.75) is 38.6 Å². The van der Waals surface area contributed by atoms with Crippen molar-refractivity contribution in [3.8, 4) is 23.3 Å². The highest BCUT2D eigenvalue weighted by atomic mass is 16.5. The highest BCUT2D eigenvalue weighted by Crippen LogP contribution is 2.25. The Hall–Kier alpha value is -1.66. The summed E-state index contributed by atoms with van der Waals surface area (Å²) in [5.41, 5.74) is 0. The predicted molar refractivity (Wildman–Crippen MR) is 84.5 cm³/mol. The Balaban J connectivity index is 1.69. The molecule has 0 aromatic heterocycles. The zero-order valence-electron chi connectivity index (χ0n) is 13.1. The van der Waals surface area contributed by atoms with Crippen LogP contribution in [0.1, 0.15) is 32.6 Å². The lowest BCUT2D eigenvalue weighted by atomic mass is 9.86. The van der Waals surface area contributed by atoms with E-state index in [1.54, 1.807) is 7.11 Å². The molecule has 2 rings (SSSR count). The summed E-state index contributed by atoms with van der Waals surface area (Å²) < 4.78 is 10.9. The summed E-state index contributed by atoms with van der Waals surface area (Å²) >= 11 is 0. The molecule has 21 heavy (non-hydrogen) atoms. The van der Waals surface area contributed by atoms with E-state index < -0.39 is 0 Å². The van der Waals surface area contributed by atoms with Crippen LogP contribution in [-0.2, 0) is 0 Å². The molecule has 3 nitrogen and oxygen atoms in total. The Kier molecular flexibility index (Phi) is 6.43. The summed E-state index contributed by atoms with van der Waals surface area (Å²) in [6, 6.07) is 8.40. The Morgan fingerprint density at radius 2 is 1.90 bits per heavy atom. The van der Waals surface area contributed by atoms with Crippen LogP contribution in [0.2, 0.25) is 0 Å². The van der Waals surface area contributed by atoms with E-state index in [9.17, 15) is 0 Å². The van der Waals surface area contributed by atoms with Gasteiger partial charge in [0.1, 0.15) is 13.2 Å². The van der Waals surface area contributed by atoms with Crippen molar-refractivity contribution in [1.29, 1.82) is 0 Å². The Morgan fingerprint density at radius 3 is 2.67 bits per heavy atom. The molecule has 114 valence electrons. The van der Waals surface area contributed by atoms with Crippen LogP contribution in [0.25, 0.3) is 0 Å². The number of methoxy groups -OCH3 is 1. The fraction of sp³-hybridized carbons (Fsp3) is 0.556. The summed E-state index contributed by atoms with van der Waals surface area (Å²) in [5.74, 6) is 8.60. The van der Waals surface area contributed by atoms with Crippen LogP contribution in [0.3, 0.4) is 0 Å². The lowest BCUT2D eigenvalue weighted by Gasteiger charge is -2.25. The molecule has 1 aromatic carbocycles. The minimum Gasteiger partial charge on any atom is -0.493 e. The molecule has 3 heteroatoms. The number of rotatable bonds is 5. The first kappa shape index (κ1) is 15.7. The second kappa shape index (κ2) is 8.59. The maximum absolute atomic E-state index is 5.63. The van der Waals surface area contributed by atoms with Crippen LogP contribution < -0.4 is 14.8 Å². The van der Waals surface area contributed by atoms with Crippen molar-refractivity contribution in [2.75, 3.05) is 20.3 Å². The van der Waals surface area contributed by atoms with Gasteiger partial charge in [0.2, 0.25) is 0 Å². The normalized spacial score (nSPS) is 21.2. The van der Waals surface area contributed by atoms with Crippen molar-refractivity contribution in [2.24, 2.45) is 5.92 Å². The summed E-state index contributed by atoms with van der Waals surface area (Å²) in [6.07, 6.45) is 5.46. The number of benzene rings is 1. The molecule has 2 N–H and O–H groups in total. The number of nitrogens with two attached hydrogens (primary N) is 1. The van der Waals surface area contributed by atoms with Gasteiger partial charge >= 0.3 is 0 Å². The fourth-order valence-electron chi connectivity index (χ4n) is 2.88. The number of hydrogen-bond acceptors (Lipinski definition) is 2. The van der Waals surface area contributed by atoms with Gasteiger partial charge < -0.3 is 14.8 Å². The maximum Gasteiger partial charge on any atom is 0.162 e. The molecule has 0 radical (unpaired) electrons. The Bertz CT molecular complexity index is 489. The van der Waals surface area contributed by atoms with Crippen LogP contribution >= 0.6 is 0 Å². The molecule has 1 aliphatic rings. The molecular formula is C18H26NO2+. The maximum atomic E-state index is 5.63. The number of hydrogen-bond donors (Lipinski definition) is 1. The van der Waals surface area contributed by atoms with E-state index in [2.05, 4.69) is 24.1 Å². The van der Waals surface area contributed by atoms with Crippen molar-refractivity contribution in [3.63, 3.8) is 0 Å². The third-order valence-electron chi connectivity index (χ3n) is 4.19. The molecule has 2 atom stereocenters. The average molecular weight is 288 g/mol. The monoisotopic (exact) mass is 288 g/mol. The Morgan fingerprint density at radius 1 is 1.14 bits per heavy atom. The zero-order valence-corrected chi connectivity index (χ0v) is 13.1. The first-order valence-corrected chi connectivity index (χ1v) is 7.86. The summed E-state index contributed by atoms with van der Waals surface area (Å²) in [7, 11) is 1.65. The van der Waals surface area contributed by atoms with Crippen molar-refractivity contribution in [1.82, 2.24) is 0 Å². The molecule has 0 bridgehead atoms. The van der Waals surface area contributed by atoms with E-state index in [-0.39, 0.29) is 0 Å². The first-order valence-electron chi connectivity index (χ1n) is 7.86. The van der Waals surface area contributed by atoms with Crippen molar-refractivity contribution >= 4 is 0 Å². The van der Waals surface area contributed by atoms with Gasteiger partial charge in [0, 0.05) is 5.92 Å². The van der Waals surface area contributed by atoms with Crippen molar-refractivity contribution < 1.29 is 14.8 Å². The van der Waals surface area contributed by atoms with Gasteiger partial charge in [-0.1, -0.05) is 31.4 Å². The molecule has 0 unspecified atom stereocenters. The van der Waals surface area contributed by atoms with E-state index in [4.69, 9.17) is 9.47 Å². The molecule has 1 aromatic rings. The number of quaternary nitrogens is 1. The largest absolute Gasteiger partial charge is 0.493 e. The van der Waals surface area contributed by atoms with Gasteiger partial charge in [-0.3, -0.25) is 0 Å². The summed E-state index contributed by atoms with van der Waals surface area (Å²) in [6.45, 7) is 3.64. The highest BCUT2D eigenvalue weighted by molar-refractivity contribution is 5.39. The average Bonchev–Trinajstić information content (AvgIpc) is 2.52. The molecule has 0 spiro atoms. The van der Waals surface area contributed by atoms with Gasteiger partial charge in [-0.25, -0.2) is 0 Å². The van der Waals surface area contributed by atoms with Crippen molar-refractivity contribution in [3.05, 3.63) is 24.3 Å². The van der Waals surface area contributed by atoms with Crippen LogP contribution in [0, 0.1) is 17.8 Å². The lowest BCUT2D eigenvalue weighted by molar-refractivity contribution is -0.688. The van der Waals surface area contributed by atoms with Gasteiger partial charge in [-0.15, -0.1) is 0 Å². The molecule has 0 saturated heterocycles. The fourth-order valence-corrected chi connectivity index (χ4v) is 2.88. The summed E-state index contributed by atoms with van der Waals surface area (Å²) in [4.78, 5) is 0. The number of para-hydroxylation sites is 2.